The molecule has 27 heavy (non-hydrogen) atoms. The SMILES string of the molecule is C/C=C1/CCC2[C@@H]3CC=C4C=C(OCC)CC[C@]4(C)[C@@]3(N)[C@@H](N=O)C[C@]12C. The zero-order valence-electron chi connectivity index (χ0n) is 17.3. The Balaban J connectivity index is 1.82. The summed E-state index contributed by atoms with van der Waals surface area (Å²) in [5.74, 6) is 1.90. The Morgan fingerprint density at radius 3 is 2.78 bits per heavy atom. The molecule has 2 N–H and O–H groups in total. The lowest BCUT2D eigenvalue weighted by Gasteiger charge is -2.63. The summed E-state index contributed by atoms with van der Waals surface area (Å²) in [4.78, 5) is 12.1. The average molecular weight is 371 g/mol. The smallest absolute Gasteiger partial charge is 0.112 e. The van der Waals surface area contributed by atoms with Crippen molar-refractivity contribution in [1.82, 2.24) is 0 Å². The molecule has 1 unspecified atom stereocenters. The topological polar surface area (TPSA) is 64.7 Å². The molecule has 0 bridgehead atoms. The lowest BCUT2D eigenvalue weighted by Crippen LogP contribution is -2.72. The molecule has 4 nitrogen and oxygen atoms in total. The van der Waals surface area contributed by atoms with Crippen LogP contribution in [0, 0.1) is 27.6 Å². The highest BCUT2D eigenvalue weighted by Crippen LogP contribution is 2.67. The van der Waals surface area contributed by atoms with Crippen molar-refractivity contribution in [3.8, 4) is 0 Å². The minimum absolute atomic E-state index is 0.0730. The van der Waals surface area contributed by atoms with Crippen LogP contribution in [0.4, 0.5) is 0 Å². The molecule has 0 aliphatic heterocycles. The highest BCUT2D eigenvalue weighted by atomic mass is 16.5. The Morgan fingerprint density at radius 1 is 1.33 bits per heavy atom. The number of nitrogens with zero attached hydrogens (tertiary/aromatic N) is 1. The summed E-state index contributed by atoms with van der Waals surface area (Å²) in [6.07, 6.45) is 12.7. The summed E-state index contributed by atoms with van der Waals surface area (Å²) < 4.78 is 5.80. The van der Waals surface area contributed by atoms with E-state index in [1.165, 1.54) is 17.6 Å². The molecule has 0 radical (unpaired) electrons. The monoisotopic (exact) mass is 370 g/mol. The molecule has 4 aliphatic carbocycles. The molecule has 2 fully saturated rings. The standard InChI is InChI=1S/C23H34N2O2/c1-5-15-7-9-18-19-10-8-16-13-17(27-6-2)11-12-22(16,4)23(19,24)20(25-26)14-21(15,18)3/h5,8,13,18-20H,6-7,9-12,14,24H2,1-4H3/b15-5-/t18?,19-,20-,21+,22-,23-/m0/s1. The van der Waals surface area contributed by atoms with Crippen LogP contribution in [-0.4, -0.2) is 18.2 Å². The van der Waals surface area contributed by atoms with Crippen LogP contribution in [0.3, 0.4) is 0 Å². The van der Waals surface area contributed by atoms with Crippen LogP contribution >= 0.6 is 0 Å². The molecule has 4 heteroatoms. The molecule has 0 spiro atoms. The summed E-state index contributed by atoms with van der Waals surface area (Å²) >= 11 is 0. The first-order valence-electron chi connectivity index (χ1n) is 10.7. The van der Waals surface area contributed by atoms with Crippen molar-refractivity contribution in [3.05, 3.63) is 40.0 Å². The number of hydrogen-bond acceptors (Lipinski definition) is 4. The maximum atomic E-state index is 12.1. The number of nitroso groups, excluding NO2 is 1. The molecule has 0 heterocycles. The summed E-state index contributed by atoms with van der Waals surface area (Å²) in [6.45, 7) is 9.48. The van der Waals surface area contributed by atoms with Gasteiger partial charge in [-0.1, -0.05) is 36.7 Å². The fraction of sp³-hybridized carbons (Fsp3) is 0.739. The Kier molecular flexibility index (Phi) is 4.41. The van der Waals surface area contributed by atoms with Gasteiger partial charge in [0.1, 0.15) is 6.04 Å². The second-order valence-electron chi connectivity index (χ2n) is 9.51. The summed E-state index contributed by atoms with van der Waals surface area (Å²) in [5, 5.41) is 3.69. The van der Waals surface area contributed by atoms with Crippen molar-refractivity contribution in [2.45, 2.75) is 77.8 Å². The highest BCUT2D eigenvalue weighted by Gasteiger charge is 2.67. The largest absolute Gasteiger partial charge is 0.498 e. The van der Waals surface area contributed by atoms with Crippen LogP contribution in [0.5, 0.6) is 0 Å². The van der Waals surface area contributed by atoms with Crippen LogP contribution in [0.1, 0.15) is 66.2 Å². The van der Waals surface area contributed by atoms with E-state index in [2.05, 4.69) is 44.2 Å². The van der Waals surface area contributed by atoms with Gasteiger partial charge in [0.05, 0.1) is 17.9 Å². The number of rotatable bonds is 3. The lowest BCUT2D eigenvalue weighted by atomic mass is 9.43. The first-order chi connectivity index (χ1) is 12.8. The van der Waals surface area contributed by atoms with E-state index in [1.807, 2.05) is 6.92 Å². The van der Waals surface area contributed by atoms with Crippen molar-refractivity contribution < 1.29 is 4.74 Å². The van der Waals surface area contributed by atoms with Gasteiger partial charge in [-0.25, -0.2) is 0 Å². The first kappa shape index (κ1) is 18.9. The second-order valence-corrected chi connectivity index (χ2v) is 9.51. The van der Waals surface area contributed by atoms with Crippen LogP contribution in [0.2, 0.25) is 0 Å². The van der Waals surface area contributed by atoms with E-state index in [-0.39, 0.29) is 16.9 Å². The second kappa shape index (κ2) is 6.30. The minimum Gasteiger partial charge on any atom is -0.498 e. The third-order valence-corrected chi connectivity index (χ3v) is 8.72. The molecule has 4 rings (SSSR count). The van der Waals surface area contributed by atoms with Crippen molar-refractivity contribution >= 4 is 0 Å². The fourth-order valence-corrected chi connectivity index (χ4v) is 7.19. The normalized spacial score (nSPS) is 47.4. The van der Waals surface area contributed by atoms with Gasteiger partial charge in [-0.3, -0.25) is 0 Å². The van der Waals surface area contributed by atoms with E-state index in [9.17, 15) is 4.91 Å². The Morgan fingerprint density at radius 2 is 2.11 bits per heavy atom. The number of ether oxygens (including phenoxy) is 1. The van der Waals surface area contributed by atoms with E-state index < -0.39 is 5.54 Å². The Labute approximate surface area is 163 Å². The summed E-state index contributed by atoms with van der Waals surface area (Å²) in [5.41, 5.74) is 9.36. The number of hydrogen-bond donors (Lipinski definition) is 1. The van der Waals surface area contributed by atoms with Crippen LogP contribution in [0.15, 0.2) is 40.3 Å². The molecule has 0 aromatic carbocycles. The van der Waals surface area contributed by atoms with E-state index in [1.54, 1.807) is 0 Å². The van der Waals surface area contributed by atoms with Crippen LogP contribution in [0.25, 0.3) is 0 Å². The summed E-state index contributed by atoms with van der Waals surface area (Å²) in [6, 6.07) is -0.340. The Bertz CT molecular complexity index is 739. The highest BCUT2D eigenvalue weighted by molar-refractivity contribution is 5.43. The third kappa shape index (κ3) is 2.31. The molecular weight excluding hydrogens is 336 g/mol. The maximum absolute atomic E-state index is 12.1. The quantitative estimate of drug-likeness (QED) is 0.545. The molecule has 0 aromatic heterocycles. The van der Waals surface area contributed by atoms with E-state index in [0.29, 0.717) is 18.4 Å². The van der Waals surface area contributed by atoms with Crippen molar-refractivity contribution in [2.24, 2.45) is 33.6 Å². The molecule has 0 aromatic rings. The predicted octanol–water partition coefficient (Wildman–Crippen LogP) is 5.25. The van der Waals surface area contributed by atoms with Gasteiger partial charge in [-0.15, -0.1) is 0 Å². The molecule has 4 aliphatic rings. The molecule has 0 amide bonds. The number of nitrogens with two attached hydrogens (primary N) is 1. The van der Waals surface area contributed by atoms with Gasteiger partial charge in [0.25, 0.3) is 0 Å². The average Bonchev–Trinajstić information content (AvgIpc) is 2.98. The maximum Gasteiger partial charge on any atom is 0.112 e. The van der Waals surface area contributed by atoms with Gasteiger partial charge < -0.3 is 10.5 Å². The molecular formula is C23H34N2O2. The van der Waals surface area contributed by atoms with E-state index in [0.717, 1.165) is 37.9 Å². The van der Waals surface area contributed by atoms with Gasteiger partial charge in [0, 0.05) is 11.8 Å². The van der Waals surface area contributed by atoms with Crippen LogP contribution in [-0.2, 0) is 4.74 Å². The first-order valence-corrected chi connectivity index (χ1v) is 10.7. The van der Waals surface area contributed by atoms with Gasteiger partial charge in [0.15, 0.2) is 0 Å². The minimum atomic E-state index is -0.569. The van der Waals surface area contributed by atoms with Crippen molar-refractivity contribution in [2.75, 3.05) is 6.61 Å². The van der Waals surface area contributed by atoms with Gasteiger partial charge in [-0.05, 0) is 74.9 Å². The van der Waals surface area contributed by atoms with Gasteiger partial charge in [-0.2, -0.15) is 4.91 Å². The lowest BCUT2D eigenvalue weighted by molar-refractivity contribution is -0.0479. The number of allylic oxidation sites excluding steroid dienone is 5. The zero-order chi connectivity index (χ0) is 19.4. The summed E-state index contributed by atoms with van der Waals surface area (Å²) in [7, 11) is 0. The molecule has 2 saturated carbocycles. The van der Waals surface area contributed by atoms with E-state index in [4.69, 9.17) is 10.5 Å². The fourth-order valence-electron chi connectivity index (χ4n) is 7.19. The number of fused-ring (bicyclic) bond motifs is 5. The van der Waals surface area contributed by atoms with Gasteiger partial charge >= 0.3 is 0 Å². The van der Waals surface area contributed by atoms with Gasteiger partial charge in [0.2, 0.25) is 0 Å². The van der Waals surface area contributed by atoms with Crippen molar-refractivity contribution in [1.29, 1.82) is 0 Å². The van der Waals surface area contributed by atoms with E-state index >= 15 is 0 Å². The van der Waals surface area contributed by atoms with Crippen molar-refractivity contribution in [3.63, 3.8) is 0 Å². The Hall–Kier alpha value is -1.42. The molecule has 148 valence electrons. The zero-order valence-corrected chi connectivity index (χ0v) is 17.3. The molecule has 6 atom stereocenters. The third-order valence-electron chi connectivity index (χ3n) is 8.72. The predicted molar refractivity (Wildman–Crippen MR) is 109 cm³/mol. The molecule has 0 saturated heterocycles. The van der Waals surface area contributed by atoms with Crippen LogP contribution < -0.4 is 5.73 Å².